The number of phenols is 1. The van der Waals surface area contributed by atoms with E-state index in [1.807, 2.05) is 45.9 Å². The van der Waals surface area contributed by atoms with Crippen molar-refractivity contribution in [3.8, 4) is 17.2 Å². The zero-order valence-corrected chi connectivity index (χ0v) is 38.8. The lowest BCUT2D eigenvalue weighted by atomic mass is 9.99. The summed E-state index contributed by atoms with van der Waals surface area (Å²) >= 11 is 0. The molecular formula is C46H75NO17. The van der Waals surface area contributed by atoms with E-state index >= 15 is 0 Å². The minimum atomic E-state index is -1.13. The highest BCUT2D eigenvalue weighted by atomic mass is 16.6. The highest BCUT2D eigenvalue weighted by molar-refractivity contribution is 5.83. The van der Waals surface area contributed by atoms with E-state index in [1.165, 1.54) is 0 Å². The molecule has 18 nitrogen and oxygen atoms in total. The van der Waals surface area contributed by atoms with Crippen molar-refractivity contribution in [3.05, 3.63) is 52.1 Å². The van der Waals surface area contributed by atoms with Crippen molar-refractivity contribution in [3.63, 3.8) is 0 Å². The van der Waals surface area contributed by atoms with Gasteiger partial charge in [0.25, 0.3) is 0 Å². The number of aromatic hydroxyl groups is 1. The summed E-state index contributed by atoms with van der Waals surface area (Å²) in [7, 11) is 1.64. The minimum Gasteiger partial charge on any atom is -0.507 e. The van der Waals surface area contributed by atoms with Crippen LogP contribution in [0.2, 0.25) is 0 Å². The maximum absolute atomic E-state index is 12.5. The second-order valence-electron chi connectivity index (χ2n) is 14.4. The van der Waals surface area contributed by atoms with Gasteiger partial charge in [-0.3, -0.25) is 4.79 Å². The lowest BCUT2D eigenvalue weighted by Crippen LogP contribution is -2.42. The summed E-state index contributed by atoms with van der Waals surface area (Å²) in [6.07, 6.45) is 0.785. The molecular weight excluding hydrogens is 838 g/mol. The van der Waals surface area contributed by atoms with Gasteiger partial charge in [-0.1, -0.05) is 19.1 Å². The molecule has 0 aliphatic heterocycles. The van der Waals surface area contributed by atoms with Gasteiger partial charge in [0.1, 0.15) is 23.3 Å². The molecule has 0 bridgehead atoms. The van der Waals surface area contributed by atoms with Crippen LogP contribution in [0.15, 0.2) is 24.3 Å². The highest BCUT2D eigenvalue weighted by Crippen LogP contribution is 2.34. The Morgan fingerprint density at radius 1 is 0.531 bits per heavy atom. The Labute approximate surface area is 379 Å². The number of aliphatic carboxylic acids is 1. The SMILES string of the molecule is CCc1cc(Oc2c(C)cc(CC(NC(=O)CCOCCOCCOCCOCCOCCOCCOCCOCCOCCOCCOCCOC)C(=O)O)cc2C)cc(C)c1O. The largest absolute Gasteiger partial charge is 0.507 e. The van der Waals surface area contributed by atoms with E-state index in [2.05, 4.69) is 5.32 Å². The van der Waals surface area contributed by atoms with Gasteiger partial charge in [-0.2, -0.15) is 0 Å². The van der Waals surface area contributed by atoms with Crippen LogP contribution < -0.4 is 10.1 Å². The highest BCUT2D eigenvalue weighted by Gasteiger charge is 2.22. The number of rotatable bonds is 43. The molecule has 0 saturated carbocycles. The Bertz CT molecular complexity index is 1490. The van der Waals surface area contributed by atoms with Crippen molar-refractivity contribution in [1.29, 1.82) is 0 Å². The minimum absolute atomic E-state index is 0.0134. The number of nitrogens with one attached hydrogen (secondary N) is 1. The fraction of sp³-hybridized carbons (Fsp3) is 0.696. The van der Waals surface area contributed by atoms with Crippen molar-refractivity contribution in [2.45, 2.75) is 53.0 Å². The predicted molar refractivity (Wildman–Crippen MR) is 237 cm³/mol. The van der Waals surface area contributed by atoms with E-state index in [0.717, 1.165) is 27.8 Å². The van der Waals surface area contributed by atoms with Crippen LogP contribution in [-0.4, -0.2) is 187 Å². The topological polar surface area (TPSA) is 207 Å². The van der Waals surface area contributed by atoms with Crippen LogP contribution >= 0.6 is 0 Å². The lowest BCUT2D eigenvalue weighted by Gasteiger charge is -2.18. The van der Waals surface area contributed by atoms with E-state index in [9.17, 15) is 19.8 Å². The van der Waals surface area contributed by atoms with Gasteiger partial charge in [0.05, 0.1) is 152 Å². The first-order valence-electron chi connectivity index (χ1n) is 22.1. The van der Waals surface area contributed by atoms with E-state index in [0.29, 0.717) is 157 Å². The van der Waals surface area contributed by atoms with Gasteiger partial charge in [0.15, 0.2) is 0 Å². The molecule has 3 N–H and O–H groups in total. The molecule has 0 radical (unpaired) electrons. The molecule has 0 spiro atoms. The van der Waals surface area contributed by atoms with Crippen LogP contribution in [-0.2, 0) is 79.3 Å². The monoisotopic (exact) mass is 914 g/mol. The molecule has 1 atom stereocenters. The molecule has 0 saturated heterocycles. The zero-order chi connectivity index (χ0) is 46.5. The fourth-order valence-electron chi connectivity index (χ4n) is 5.89. The van der Waals surface area contributed by atoms with Gasteiger partial charge >= 0.3 is 5.97 Å². The van der Waals surface area contributed by atoms with E-state index in [-0.39, 0.29) is 31.8 Å². The Balaban J connectivity index is 1.35. The molecule has 2 rings (SSSR count). The number of phenolic OH excluding ortho intramolecular Hbond substituents is 1. The van der Waals surface area contributed by atoms with Gasteiger partial charge < -0.3 is 77.1 Å². The number of carbonyl (C=O) groups excluding carboxylic acids is 1. The molecule has 0 aliphatic carbocycles. The Hall–Kier alpha value is -3.50. The average Bonchev–Trinajstić information content (AvgIpc) is 3.27. The molecule has 2 aromatic rings. The van der Waals surface area contributed by atoms with Gasteiger partial charge in [0.2, 0.25) is 5.91 Å². The van der Waals surface area contributed by atoms with E-state index in [1.54, 1.807) is 13.2 Å². The van der Waals surface area contributed by atoms with Crippen LogP contribution in [0.1, 0.15) is 41.2 Å². The third-order valence-electron chi connectivity index (χ3n) is 9.17. The molecule has 1 unspecified atom stereocenters. The maximum atomic E-state index is 12.5. The Kier molecular flexibility index (Phi) is 33.4. The Morgan fingerprint density at radius 2 is 0.891 bits per heavy atom. The van der Waals surface area contributed by atoms with Crippen molar-refractivity contribution >= 4 is 11.9 Å². The summed E-state index contributed by atoms with van der Waals surface area (Å²) in [6.45, 7) is 18.0. The average molecular weight is 914 g/mol. The summed E-state index contributed by atoms with van der Waals surface area (Å²) in [5.41, 5.74) is 3.93. The van der Waals surface area contributed by atoms with Crippen molar-refractivity contribution in [1.82, 2.24) is 5.32 Å². The van der Waals surface area contributed by atoms with Gasteiger partial charge in [-0.05, 0) is 67.1 Å². The van der Waals surface area contributed by atoms with Gasteiger partial charge in [0, 0.05) is 20.0 Å². The zero-order valence-electron chi connectivity index (χ0n) is 38.8. The Morgan fingerprint density at radius 3 is 1.23 bits per heavy atom. The quantitative estimate of drug-likeness (QED) is 0.0804. The number of benzene rings is 2. The van der Waals surface area contributed by atoms with E-state index in [4.69, 9.17) is 61.6 Å². The number of carboxylic acid groups (broad SMARTS) is 1. The normalized spacial score (nSPS) is 11.9. The first-order valence-corrected chi connectivity index (χ1v) is 22.1. The maximum Gasteiger partial charge on any atom is 0.326 e. The number of amides is 1. The molecule has 2 aromatic carbocycles. The fourth-order valence-corrected chi connectivity index (χ4v) is 5.89. The molecule has 0 fully saturated rings. The molecule has 64 heavy (non-hydrogen) atoms. The number of carbonyl (C=O) groups is 2. The lowest BCUT2D eigenvalue weighted by molar-refractivity contribution is -0.142. The molecule has 0 aromatic heterocycles. The summed E-state index contributed by atoms with van der Waals surface area (Å²) in [4.78, 5) is 24.6. The summed E-state index contributed by atoms with van der Waals surface area (Å²) in [6, 6.07) is 6.22. The smallest absolute Gasteiger partial charge is 0.326 e. The number of hydrogen-bond acceptors (Lipinski definition) is 16. The third-order valence-corrected chi connectivity index (χ3v) is 9.17. The van der Waals surface area contributed by atoms with Crippen LogP contribution in [0.4, 0.5) is 0 Å². The number of hydrogen-bond donors (Lipinski definition) is 3. The van der Waals surface area contributed by atoms with Crippen molar-refractivity contribution < 1.29 is 81.4 Å². The summed E-state index contributed by atoms with van der Waals surface area (Å²) in [5.74, 6) is -0.00278. The molecule has 0 aliphatic rings. The molecule has 18 heteroatoms. The van der Waals surface area contributed by atoms with Crippen LogP contribution in [0, 0.1) is 20.8 Å². The van der Waals surface area contributed by atoms with Gasteiger partial charge in [-0.25, -0.2) is 4.79 Å². The number of aryl methyl sites for hydroxylation is 4. The molecule has 1 amide bonds. The standard InChI is InChI=1S/C46H75NO17/c1-6-40-35-41(33-36(2)44(40)49)64-45-37(3)31-39(32-38(45)4)34-42(46(50)51)47-43(48)7-8-53-11-12-55-15-16-57-19-20-59-23-24-61-27-28-63-30-29-62-26-25-60-22-21-58-18-17-56-14-13-54-10-9-52-5/h31-33,35,42,49H,6-30,34H2,1-5H3,(H,47,48)(H,50,51). The van der Waals surface area contributed by atoms with Crippen LogP contribution in [0.5, 0.6) is 17.2 Å². The first kappa shape index (κ1) is 56.6. The summed E-state index contributed by atoms with van der Waals surface area (Å²) < 4.78 is 71.2. The summed E-state index contributed by atoms with van der Waals surface area (Å²) in [5, 5.41) is 22.7. The van der Waals surface area contributed by atoms with Crippen LogP contribution in [0.25, 0.3) is 0 Å². The second kappa shape index (κ2) is 37.7. The van der Waals surface area contributed by atoms with E-state index < -0.39 is 17.9 Å². The number of carboxylic acids is 1. The molecule has 0 heterocycles. The first-order chi connectivity index (χ1) is 31.2. The molecule has 366 valence electrons. The predicted octanol–water partition coefficient (Wildman–Crippen LogP) is 4.00. The second-order valence-corrected chi connectivity index (χ2v) is 14.4. The van der Waals surface area contributed by atoms with Gasteiger partial charge in [-0.15, -0.1) is 0 Å². The van der Waals surface area contributed by atoms with Crippen molar-refractivity contribution in [2.75, 3.05) is 159 Å². The third kappa shape index (κ3) is 27.7. The number of ether oxygens (including phenoxy) is 13. The van der Waals surface area contributed by atoms with Crippen molar-refractivity contribution in [2.24, 2.45) is 0 Å². The van der Waals surface area contributed by atoms with Crippen LogP contribution in [0.3, 0.4) is 0 Å². The number of methoxy groups -OCH3 is 1.